The Balaban J connectivity index is 1.85. The first-order chi connectivity index (χ1) is 14.9. The van der Waals surface area contributed by atoms with E-state index in [0.717, 1.165) is 16.3 Å². The van der Waals surface area contributed by atoms with Gasteiger partial charge >= 0.3 is 5.97 Å². The maximum Gasteiger partial charge on any atom is 0.360 e. The molecule has 1 heterocycles. The van der Waals surface area contributed by atoms with Crippen LogP contribution in [0.5, 0.6) is 5.75 Å². The van der Waals surface area contributed by atoms with Crippen molar-refractivity contribution in [2.24, 2.45) is 0 Å². The summed E-state index contributed by atoms with van der Waals surface area (Å²) in [6, 6.07) is 14.7. The fourth-order valence-electron chi connectivity index (χ4n) is 2.64. The van der Waals surface area contributed by atoms with Gasteiger partial charge in [-0.05, 0) is 50.2 Å². The zero-order valence-corrected chi connectivity index (χ0v) is 17.7. The summed E-state index contributed by atoms with van der Waals surface area (Å²) >= 11 is 5.82. The number of carbonyl (C=O) groups is 2. The molecule has 0 saturated carbocycles. The van der Waals surface area contributed by atoms with E-state index in [-0.39, 0.29) is 24.6 Å². The van der Waals surface area contributed by atoms with Gasteiger partial charge in [-0.15, -0.1) is 0 Å². The number of esters is 1. The summed E-state index contributed by atoms with van der Waals surface area (Å²) < 4.78 is 11.5. The summed E-state index contributed by atoms with van der Waals surface area (Å²) in [7, 11) is 0. The molecule has 2 aromatic carbocycles. The zero-order valence-electron chi connectivity index (χ0n) is 16.9. The van der Waals surface area contributed by atoms with Crippen LogP contribution in [0.1, 0.15) is 23.0 Å². The van der Waals surface area contributed by atoms with Crippen molar-refractivity contribution in [2.45, 2.75) is 13.8 Å². The second-order valence-corrected chi connectivity index (χ2v) is 6.94. The van der Waals surface area contributed by atoms with Gasteiger partial charge in [0.15, 0.2) is 12.3 Å². The summed E-state index contributed by atoms with van der Waals surface area (Å²) in [6.07, 6.45) is 0. The van der Waals surface area contributed by atoms with Crippen LogP contribution in [0.3, 0.4) is 0 Å². The summed E-state index contributed by atoms with van der Waals surface area (Å²) in [5.74, 6) is -0.898. The average molecular weight is 442 g/mol. The number of benzene rings is 2. The van der Waals surface area contributed by atoms with Crippen molar-refractivity contribution in [3.63, 3.8) is 0 Å². The minimum Gasteiger partial charge on any atom is -0.484 e. The quantitative estimate of drug-likeness (QED) is 0.564. The summed E-state index contributed by atoms with van der Waals surface area (Å²) in [5, 5.41) is 7.16. The van der Waals surface area contributed by atoms with Crippen molar-refractivity contribution in [3.05, 3.63) is 81.2 Å². The molecule has 0 spiro atoms. The first-order valence-corrected chi connectivity index (χ1v) is 9.82. The van der Waals surface area contributed by atoms with Crippen LogP contribution >= 0.6 is 11.6 Å². The Kier molecular flexibility index (Phi) is 7.04. The van der Waals surface area contributed by atoms with Gasteiger partial charge < -0.3 is 14.8 Å². The van der Waals surface area contributed by atoms with Gasteiger partial charge in [-0.25, -0.2) is 4.79 Å². The van der Waals surface area contributed by atoms with Crippen molar-refractivity contribution in [1.82, 2.24) is 9.78 Å². The minimum absolute atomic E-state index is 0.0588. The molecule has 8 nitrogen and oxygen atoms in total. The molecule has 0 atom stereocenters. The van der Waals surface area contributed by atoms with Crippen LogP contribution in [0.25, 0.3) is 5.69 Å². The van der Waals surface area contributed by atoms with Crippen molar-refractivity contribution in [1.29, 1.82) is 0 Å². The van der Waals surface area contributed by atoms with E-state index in [1.54, 1.807) is 43.3 Å². The number of carbonyl (C=O) groups excluding carboxylic acids is 2. The van der Waals surface area contributed by atoms with E-state index >= 15 is 0 Å². The van der Waals surface area contributed by atoms with Gasteiger partial charge in [0, 0.05) is 11.1 Å². The fourth-order valence-corrected chi connectivity index (χ4v) is 2.76. The van der Waals surface area contributed by atoms with Gasteiger partial charge in [0.2, 0.25) is 0 Å². The average Bonchev–Trinajstić information content (AvgIpc) is 2.74. The maximum atomic E-state index is 12.6. The molecule has 3 rings (SSSR count). The van der Waals surface area contributed by atoms with Gasteiger partial charge in [-0.2, -0.15) is 9.78 Å². The highest BCUT2D eigenvalue weighted by atomic mass is 35.5. The van der Waals surface area contributed by atoms with Gasteiger partial charge in [0.25, 0.3) is 11.5 Å². The van der Waals surface area contributed by atoms with Crippen LogP contribution in [-0.4, -0.2) is 34.9 Å². The molecule has 3 aromatic rings. The number of aryl methyl sites for hydroxylation is 1. The van der Waals surface area contributed by atoms with Crippen LogP contribution in [-0.2, 0) is 9.53 Å². The van der Waals surface area contributed by atoms with E-state index in [9.17, 15) is 14.4 Å². The second-order valence-electron chi connectivity index (χ2n) is 6.50. The lowest BCUT2D eigenvalue weighted by Gasteiger charge is -2.13. The van der Waals surface area contributed by atoms with E-state index in [1.165, 1.54) is 0 Å². The SMILES string of the molecule is CCOC(=O)c1nn(-c2ccc(C)cc2)c(=O)cc1NC(=O)COc1ccc(Cl)cc1. The molecule has 1 amide bonds. The monoisotopic (exact) mass is 441 g/mol. The molecule has 0 radical (unpaired) electrons. The molecule has 0 aliphatic carbocycles. The third kappa shape index (κ3) is 5.70. The van der Waals surface area contributed by atoms with Crippen LogP contribution in [0, 0.1) is 6.92 Å². The predicted molar refractivity (Wildman–Crippen MR) is 116 cm³/mol. The summed E-state index contributed by atoms with van der Waals surface area (Å²) in [6.45, 7) is 3.32. The van der Waals surface area contributed by atoms with E-state index in [2.05, 4.69) is 10.4 Å². The second kappa shape index (κ2) is 9.90. The number of nitrogens with zero attached hydrogens (tertiary/aromatic N) is 2. The smallest absolute Gasteiger partial charge is 0.360 e. The van der Waals surface area contributed by atoms with Crippen molar-refractivity contribution < 1.29 is 19.1 Å². The molecule has 31 heavy (non-hydrogen) atoms. The highest BCUT2D eigenvalue weighted by Crippen LogP contribution is 2.17. The molecule has 0 unspecified atom stereocenters. The number of anilines is 1. The minimum atomic E-state index is -0.766. The van der Waals surface area contributed by atoms with Crippen molar-refractivity contribution in [3.8, 4) is 11.4 Å². The number of halogens is 1. The number of amides is 1. The summed E-state index contributed by atoms with van der Waals surface area (Å²) in [5.41, 5.74) is 0.710. The van der Waals surface area contributed by atoms with Crippen LogP contribution in [0.2, 0.25) is 5.02 Å². The number of aromatic nitrogens is 2. The van der Waals surface area contributed by atoms with E-state index < -0.39 is 17.4 Å². The molecule has 160 valence electrons. The van der Waals surface area contributed by atoms with Crippen LogP contribution in [0.15, 0.2) is 59.4 Å². The number of rotatable bonds is 7. The normalized spacial score (nSPS) is 10.4. The zero-order chi connectivity index (χ0) is 22.4. The fraction of sp³-hybridized carbons (Fsp3) is 0.182. The molecule has 0 aliphatic rings. The largest absolute Gasteiger partial charge is 0.484 e. The van der Waals surface area contributed by atoms with Gasteiger partial charge in [0.1, 0.15) is 5.75 Å². The molecule has 0 saturated heterocycles. The van der Waals surface area contributed by atoms with Gasteiger partial charge in [0.05, 0.1) is 18.0 Å². The Hall–Kier alpha value is -3.65. The Morgan fingerprint density at radius 3 is 2.42 bits per heavy atom. The van der Waals surface area contributed by atoms with E-state index in [0.29, 0.717) is 16.5 Å². The number of nitrogens with one attached hydrogen (secondary N) is 1. The maximum absolute atomic E-state index is 12.6. The third-order valence-electron chi connectivity index (χ3n) is 4.14. The number of ether oxygens (including phenoxy) is 2. The number of hydrogen-bond donors (Lipinski definition) is 1. The highest BCUT2D eigenvalue weighted by molar-refractivity contribution is 6.30. The molecule has 9 heteroatoms. The Morgan fingerprint density at radius 1 is 1.10 bits per heavy atom. The first kappa shape index (κ1) is 22.0. The lowest BCUT2D eigenvalue weighted by atomic mass is 10.2. The van der Waals surface area contributed by atoms with Crippen molar-refractivity contribution >= 4 is 29.2 Å². The van der Waals surface area contributed by atoms with Crippen LogP contribution < -0.4 is 15.6 Å². The molecule has 0 aliphatic heterocycles. The Bertz CT molecular complexity index is 1140. The summed E-state index contributed by atoms with van der Waals surface area (Å²) in [4.78, 5) is 37.4. The van der Waals surface area contributed by atoms with Gasteiger partial charge in [-0.1, -0.05) is 29.3 Å². The molecule has 0 bridgehead atoms. The number of hydrogen-bond acceptors (Lipinski definition) is 6. The predicted octanol–water partition coefficient (Wildman–Crippen LogP) is 3.39. The standard InChI is InChI=1S/C22H20ClN3O5/c1-3-30-22(29)21-18(24-19(27)13-31-17-10-6-15(23)7-11-17)12-20(28)26(25-21)16-8-4-14(2)5-9-16/h4-12H,3,13H2,1-2H3,(H,24,27). The highest BCUT2D eigenvalue weighted by Gasteiger charge is 2.20. The topological polar surface area (TPSA) is 99.5 Å². The van der Waals surface area contributed by atoms with E-state index in [1.807, 2.05) is 19.1 Å². The van der Waals surface area contributed by atoms with Crippen molar-refractivity contribution in [2.75, 3.05) is 18.5 Å². The Morgan fingerprint density at radius 2 is 1.77 bits per heavy atom. The molecule has 1 N–H and O–H groups in total. The van der Waals surface area contributed by atoms with E-state index in [4.69, 9.17) is 21.1 Å². The molecular weight excluding hydrogens is 422 g/mol. The van der Waals surface area contributed by atoms with Crippen LogP contribution in [0.4, 0.5) is 5.69 Å². The lowest BCUT2D eigenvalue weighted by Crippen LogP contribution is -2.28. The van der Waals surface area contributed by atoms with Gasteiger partial charge in [-0.3, -0.25) is 9.59 Å². The first-order valence-electron chi connectivity index (χ1n) is 9.44. The third-order valence-corrected chi connectivity index (χ3v) is 4.39. The Labute approximate surface area is 183 Å². The molecular formula is C22H20ClN3O5. The lowest BCUT2D eigenvalue weighted by molar-refractivity contribution is -0.118. The molecule has 1 aromatic heterocycles. The molecule has 0 fully saturated rings.